The lowest BCUT2D eigenvalue weighted by Crippen LogP contribution is -2.39. The highest BCUT2D eigenvalue weighted by Crippen LogP contribution is 2.27. The summed E-state index contributed by atoms with van der Waals surface area (Å²) in [7, 11) is 0. The van der Waals surface area contributed by atoms with E-state index in [1.54, 1.807) is 11.6 Å². The topological polar surface area (TPSA) is 93.5 Å². The molecule has 1 heterocycles. The lowest BCUT2D eigenvalue weighted by Gasteiger charge is -2.22. The van der Waals surface area contributed by atoms with Crippen LogP contribution in [0.15, 0.2) is 60.7 Å². The molecule has 0 saturated carbocycles. The quantitative estimate of drug-likeness (QED) is 0.367. The van der Waals surface area contributed by atoms with Crippen molar-refractivity contribution in [2.24, 2.45) is 0 Å². The first-order valence-corrected chi connectivity index (χ1v) is 13.0. The van der Waals surface area contributed by atoms with Gasteiger partial charge >= 0.3 is 5.97 Å². The number of anilines is 1. The standard InChI is InChI=1S/C30H38N4O4/c1-6-38-29(37)17-16-28(36)33(19-18-23-13-8-7-9-14-23)21-27(35)31-26-20-25(30(3,4)5)32-34(26)24-15-11-10-12-22(24)2/h7-15,20H,6,16-19,21H2,1-5H3,(H,31,35). The third kappa shape index (κ3) is 8.03. The Kier molecular flexibility index (Phi) is 9.82. The van der Waals surface area contributed by atoms with E-state index < -0.39 is 5.97 Å². The maximum Gasteiger partial charge on any atom is 0.306 e. The lowest BCUT2D eigenvalue weighted by molar-refractivity contribution is -0.145. The van der Waals surface area contributed by atoms with E-state index in [-0.39, 0.29) is 43.2 Å². The van der Waals surface area contributed by atoms with Crippen molar-refractivity contribution in [3.63, 3.8) is 0 Å². The number of hydrogen-bond donors (Lipinski definition) is 1. The monoisotopic (exact) mass is 518 g/mol. The Labute approximate surface area is 225 Å². The predicted molar refractivity (Wildman–Crippen MR) is 148 cm³/mol. The van der Waals surface area contributed by atoms with Gasteiger partial charge in [-0.15, -0.1) is 0 Å². The second-order valence-electron chi connectivity index (χ2n) is 10.3. The van der Waals surface area contributed by atoms with E-state index in [1.807, 2.05) is 67.6 Å². The van der Waals surface area contributed by atoms with Gasteiger partial charge in [-0.1, -0.05) is 69.3 Å². The van der Waals surface area contributed by atoms with Crippen LogP contribution in [0.4, 0.5) is 5.82 Å². The number of ether oxygens (including phenoxy) is 1. The first-order valence-electron chi connectivity index (χ1n) is 13.0. The van der Waals surface area contributed by atoms with Crippen molar-refractivity contribution in [2.75, 3.05) is 25.0 Å². The van der Waals surface area contributed by atoms with E-state index in [4.69, 9.17) is 9.84 Å². The van der Waals surface area contributed by atoms with Gasteiger partial charge in [-0.3, -0.25) is 14.4 Å². The van der Waals surface area contributed by atoms with Crippen molar-refractivity contribution in [1.82, 2.24) is 14.7 Å². The molecule has 0 spiro atoms. The summed E-state index contributed by atoms with van der Waals surface area (Å²) in [5.41, 5.74) is 3.55. The fourth-order valence-corrected chi connectivity index (χ4v) is 3.98. The van der Waals surface area contributed by atoms with E-state index in [2.05, 4.69) is 26.1 Å². The molecule has 0 unspecified atom stereocenters. The zero-order chi connectivity index (χ0) is 27.7. The third-order valence-corrected chi connectivity index (χ3v) is 6.14. The molecule has 1 aromatic heterocycles. The van der Waals surface area contributed by atoms with Gasteiger partial charge in [-0.05, 0) is 37.5 Å². The van der Waals surface area contributed by atoms with Crippen molar-refractivity contribution in [3.8, 4) is 5.69 Å². The van der Waals surface area contributed by atoms with Crippen molar-refractivity contribution in [1.29, 1.82) is 0 Å². The summed E-state index contributed by atoms with van der Waals surface area (Å²) in [6, 6.07) is 19.5. The van der Waals surface area contributed by atoms with Crippen molar-refractivity contribution < 1.29 is 19.1 Å². The van der Waals surface area contributed by atoms with Crippen LogP contribution in [0.5, 0.6) is 0 Å². The van der Waals surface area contributed by atoms with Crippen LogP contribution in [0.3, 0.4) is 0 Å². The average Bonchev–Trinajstić information content (AvgIpc) is 3.30. The van der Waals surface area contributed by atoms with Crippen LogP contribution < -0.4 is 5.32 Å². The second kappa shape index (κ2) is 13.0. The molecular formula is C30H38N4O4. The minimum atomic E-state index is -0.426. The third-order valence-electron chi connectivity index (χ3n) is 6.14. The molecule has 2 amide bonds. The normalized spacial score (nSPS) is 11.2. The molecule has 0 fully saturated rings. The highest BCUT2D eigenvalue weighted by atomic mass is 16.5. The summed E-state index contributed by atoms with van der Waals surface area (Å²) in [5, 5.41) is 7.77. The SMILES string of the molecule is CCOC(=O)CCC(=O)N(CCc1ccccc1)CC(=O)Nc1cc(C(C)(C)C)nn1-c1ccccc1C. The van der Waals surface area contributed by atoms with Gasteiger partial charge in [0.05, 0.1) is 31.0 Å². The molecule has 8 heteroatoms. The molecule has 3 aromatic rings. The second-order valence-corrected chi connectivity index (χ2v) is 10.3. The number of aryl methyl sites for hydroxylation is 1. The number of para-hydroxylation sites is 1. The number of esters is 1. The van der Waals surface area contributed by atoms with Gasteiger partial charge in [0.15, 0.2) is 0 Å². The summed E-state index contributed by atoms with van der Waals surface area (Å²) in [6.45, 7) is 10.4. The van der Waals surface area contributed by atoms with Gasteiger partial charge in [-0.2, -0.15) is 5.10 Å². The highest BCUT2D eigenvalue weighted by molar-refractivity contribution is 5.94. The average molecular weight is 519 g/mol. The molecule has 0 saturated heterocycles. The number of aromatic nitrogens is 2. The maximum atomic E-state index is 13.3. The van der Waals surface area contributed by atoms with E-state index in [0.717, 1.165) is 22.5 Å². The summed E-state index contributed by atoms with van der Waals surface area (Å²) in [5.74, 6) is -0.494. The van der Waals surface area contributed by atoms with Crippen LogP contribution in [0, 0.1) is 6.92 Å². The molecule has 1 N–H and O–H groups in total. The number of benzene rings is 2. The summed E-state index contributed by atoms with van der Waals surface area (Å²) in [6.07, 6.45) is 0.552. The van der Waals surface area contributed by atoms with Crippen LogP contribution in [0.2, 0.25) is 0 Å². The van der Waals surface area contributed by atoms with E-state index in [0.29, 0.717) is 18.8 Å². The first kappa shape index (κ1) is 28.6. The molecule has 202 valence electrons. The van der Waals surface area contributed by atoms with Gasteiger partial charge in [0.25, 0.3) is 0 Å². The molecule has 38 heavy (non-hydrogen) atoms. The molecule has 0 atom stereocenters. The number of nitrogens with one attached hydrogen (secondary N) is 1. The minimum absolute atomic E-state index is 0.0176. The van der Waals surface area contributed by atoms with Crippen molar-refractivity contribution >= 4 is 23.6 Å². The van der Waals surface area contributed by atoms with Crippen molar-refractivity contribution in [3.05, 3.63) is 77.5 Å². The number of carbonyl (C=O) groups is 3. The molecule has 0 radical (unpaired) electrons. The number of rotatable bonds is 11. The largest absolute Gasteiger partial charge is 0.466 e. The molecule has 8 nitrogen and oxygen atoms in total. The molecule has 3 rings (SSSR count). The maximum absolute atomic E-state index is 13.3. The number of carbonyl (C=O) groups excluding carboxylic acids is 3. The predicted octanol–water partition coefficient (Wildman–Crippen LogP) is 4.83. The highest BCUT2D eigenvalue weighted by Gasteiger charge is 2.24. The van der Waals surface area contributed by atoms with Crippen molar-refractivity contribution in [2.45, 2.75) is 59.3 Å². The number of nitrogens with zero attached hydrogens (tertiary/aromatic N) is 3. The van der Waals surface area contributed by atoms with Gasteiger partial charge in [-0.25, -0.2) is 4.68 Å². The van der Waals surface area contributed by atoms with E-state index in [1.165, 1.54) is 4.90 Å². The number of hydrogen-bond acceptors (Lipinski definition) is 5. The molecule has 0 aliphatic rings. The zero-order valence-corrected chi connectivity index (χ0v) is 23.0. The minimum Gasteiger partial charge on any atom is -0.466 e. The molecule has 0 aliphatic carbocycles. The molecule has 0 aliphatic heterocycles. The van der Waals surface area contributed by atoms with Gasteiger partial charge in [0.1, 0.15) is 5.82 Å². The fourth-order valence-electron chi connectivity index (χ4n) is 3.98. The molecule has 2 aromatic carbocycles. The Morgan fingerprint density at radius 1 is 1.00 bits per heavy atom. The summed E-state index contributed by atoms with van der Waals surface area (Å²) in [4.78, 5) is 39.6. The Hall–Kier alpha value is -3.94. The molecule has 0 bridgehead atoms. The summed E-state index contributed by atoms with van der Waals surface area (Å²) < 4.78 is 6.70. The van der Waals surface area contributed by atoms with Crippen LogP contribution in [-0.4, -0.2) is 52.2 Å². The Balaban J connectivity index is 1.80. The van der Waals surface area contributed by atoms with Crippen LogP contribution in [-0.2, 0) is 31.0 Å². The number of amides is 2. The lowest BCUT2D eigenvalue weighted by atomic mass is 9.92. The van der Waals surface area contributed by atoms with E-state index in [9.17, 15) is 14.4 Å². The van der Waals surface area contributed by atoms with Crippen LogP contribution in [0.25, 0.3) is 5.69 Å². The smallest absolute Gasteiger partial charge is 0.306 e. The zero-order valence-electron chi connectivity index (χ0n) is 23.0. The Morgan fingerprint density at radius 2 is 1.68 bits per heavy atom. The van der Waals surface area contributed by atoms with Gasteiger partial charge in [0, 0.05) is 24.4 Å². The van der Waals surface area contributed by atoms with E-state index >= 15 is 0 Å². The molecular weight excluding hydrogens is 480 g/mol. The van der Waals surface area contributed by atoms with Crippen LogP contribution in [0.1, 0.15) is 57.4 Å². The van der Waals surface area contributed by atoms with Gasteiger partial charge in [0.2, 0.25) is 11.8 Å². The van der Waals surface area contributed by atoms with Gasteiger partial charge < -0.3 is 15.0 Å². The van der Waals surface area contributed by atoms with Crippen LogP contribution >= 0.6 is 0 Å². The first-order chi connectivity index (χ1) is 18.1. The Bertz CT molecular complexity index is 1240. The fraction of sp³-hybridized carbons (Fsp3) is 0.400. The summed E-state index contributed by atoms with van der Waals surface area (Å²) >= 11 is 0. The Morgan fingerprint density at radius 3 is 2.34 bits per heavy atom.